The normalized spacial score (nSPS) is 11.7. The van der Waals surface area contributed by atoms with Crippen LogP contribution in [0.5, 0.6) is 0 Å². The third kappa shape index (κ3) is 6.44. The van der Waals surface area contributed by atoms with Crippen molar-refractivity contribution in [3.05, 3.63) is 36.7 Å². The summed E-state index contributed by atoms with van der Waals surface area (Å²) in [6.45, 7) is 8.65. The Morgan fingerprint density at radius 2 is 2.04 bits per heavy atom. The van der Waals surface area contributed by atoms with Gasteiger partial charge in [0.2, 0.25) is 0 Å². The number of hydrogen-bond donors (Lipinski definition) is 2. The largest absolute Gasteiger partial charge is 0.357 e. The van der Waals surface area contributed by atoms with Crippen LogP contribution in [0.2, 0.25) is 0 Å². The zero-order chi connectivity index (χ0) is 17.0. The van der Waals surface area contributed by atoms with Crippen LogP contribution in [-0.4, -0.2) is 44.9 Å². The molecule has 132 valence electrons. The Bertz CT molecular complexity index is 586. The molecule has 7 nitrogen and oxygen atoms in total. The van der Waals surface area contributed by atoms with Crippen molar-refractivity contribution in [2.24, 2.45) is 4.99 Å². The molecule has 0 aliphatic rings. The van der Waals surface area contributed by atoms with Crippen LogP contribution in [0.15, 0.2) is 35.8 Å². The van der Waals surface area contributed by atoms with Gasteiger partial charge in [-0.3, -0.25) is 9.67 Å². The molecule has 0 amide bonds. The summed E-state index contributed by atoms with van der Waals surface area (Å²) in [6.07, 6.45) is 10.9. The molecule has 7 heteroatoms. The van der Waals surface area contributed by atoms with Crippen LogP contribution < -0.4 is 10.6 Å². The Morgan fingerprint density at radius 1 is 1.12 bits per heavy atom. The van der Waals surface area contributed by atoms with Gasteiger partial charge in [-0.05, 0) is 39.2 Å². The van der Waals surface area contributed by atoms with Crippen LogP contribution in [0.1, 0.15) is 32.0 Å². The van der Waals surface area contributed by atoms with Crippen molar-refractivity contribution in [2.75, 3.05) is 19.6 Å². The highest BCUT2D eigenvalue weighted by molar-refractivity contribution is 5.79. The van der Waals surface area contributed by atoms with Gasteiger partial charge < -0.3 is 15.2 Å². The molecule has 0 unspecified atom stereocenters. The Labute approximate surface area is 144 Å². The van der Waals surface area contributed by atoms with Crippen molar-refractivity contribution in [1.82, 2.24) is 30.0 Å². The van der Waals surface area contributed by atoms with E-state index in [-0.39, 0.29) is 0 Å². The zero-order valence-electron chi connectivity index (χ0n) is 14.8. The van der Waals surface area contributed by atoms with Gasteiger partial charge in [0.15, 0.2) is 5.96 Å². The lowest BCUT2D eigenvalue weighted by Crippen LogP contribution is -2.38. The second-order valence-corrected chi connectivity index (χ2v) is 5.69. The molecule has 0 bridgehead atoms. The van der Waals surface area contributed by atoms with Gasteiger partial charge in [0, 0.05) is 57.5 Å². The summed E-state index contributed by atoms with van der Waals surface area (Å²) in [5.41, 5.74) is 0. The first-order chi connectivity index (χ1) is 11.8. The molecule has 0 fully saturated rings. The first kappa shape index (κ1) is 18.0. The van der Waals surface area contributed by atoms with Gasteiger partial charge in [-0.1, -0.05) is 0 Å². The summed E-state index contributed by atoms with van der Waals surface area (Å²) >= 11 is 0. The van der Waals surface area contributed by atoms with Gasteiger partial charge in [0.1, 0.15) is 5.82 Å². The van der Waals surface area contributed by atoms with Crippen molar-refractivity contribution < 1.29 is 0 Å². The van der Waals surface area contributed by atoms with E-state index in [1.165, 1.54) is 0 Å². The summed E-state index contributed by atoms with van der Waals surface area (Å²) in [7, 11) is 0. The SMILES string of the molecule is CCNC(=NCCCn1cccn1)NCCCCn1ccnc1C. The summed E-state index contributed by atoms with van der Waals surface area (Å²) in [5.74, 6) is 1.98. The van der Waals surface area contributed by atoms with E-state index in [2.05, 4.69) is 37.2 Å². The lowest BCUT2D eigenvalue weighted by Gasteiger charge is -2.11. The molecule has 0 aliphatic carbocycles. The first-order valence-corrected chi connectivity index (χ1v) is 8.77. The van der Waals surface area contributed by atoms with Gasteiger partial charge >= 0.3 is 0 Å². The number of nitrogens with one attached hydrogen (secondary N) is 2. The van der Waals surface area contributed by atoms with E-state index in [0.29, 0.717) is 0 Å². The number of nitrogens with zero attached hydrogens (tertiary/aromatic N) is 5. The molecule has 2 rings (SSSR count). The molecule has 2 aromatic heterocycles. The second-order valence-electron chi connectivity index (χ2n) is 5.69. The minimum absolute atomic E-state index is 0.795. The molecule has 2 N–H and O–H groups in total. The van der Waals surface area contributed by atoms with Crippen LogP contribution >= 0.6 is 0 Å². The number of hydrogen-bond acceptors (Lipinski definition) is 3. The van der Waals surface area contributed by atoms with E-state index in [4.69, 9.17) is 0 Å². The molecule has 0 saturated heterocycles. The maximum Gasteiger partial charge on any atom is 0.191 e. The van der Waals surface area contributed by atoms with Crippen molar-refractivity contribution in [1.29, 1.82) is 0 Å². The molecule has 0 aliphatic heterocycles. The highest BCUT2D eigenvalue weighted by Gasteiger charge is 1.99. The molecular formula is C17H29N7. The minimum Gasteiger partial charge on any atom is -0.357 e. The van der Waals surface area contributed by atoms with Gasteiger partial charge in [-0.2, -0.15) is 5.10 Å². The molecule has 24 heavy (non-hydrogen) atoms. The summed E-state index contributed by atoms with van der Waals surface area (Å²) in [6, 6.07) is 1.94. The van der Waals surface area contributed by atoms with Gasteiger partial charge in [0.05, 0.1) is 0 Å². The molecular weight excluding hydrogens is 302 g/mol. The van der Waals surface area contributed by atoms with E-state index >= 15 is 0 Å². The molecule has 0 spiro atoms. The number of rotatable bonds is 10. The number of unbranched alkanes of at least 4 members (excludes halogenated alkanes) is 1. The second kappa shape index (κ2) is 10.5. The van der Waals surface area contributed by atoms with Gasteiger partial charge in [-0.15, -0.1) is 0 Å². The monoisotopic (exact) mass is 331 g/mol. The fourth-order valence-electron chi connectivity index (χ4n) is 2.45. The maximum atomic E-state index is 4.61. The van der Waals surface area contributed by atoms with Crippen molar-refractivity contribution in [3.63, 3.8) is 0 Å². The Morgan fingerprint density at radius 3 is 2.75 bits per heavy atom. The quantitative estimate of drug-likeness (QED) is 0.396. The lowest BCUT2D eigenvalue weighted by atomic mass is 10.3. The topological polar surface area (TPSA) is 72.1 Å². The number of imidazole rings is 1. The molecule has 2 aromatic rings. The van der Waals surface area contributed by atoms with E-state index in [1.807, 2.05) is 36.3 Å². The number of aryl methyl sites for hydroxylation is 3. The molecule has 0 atom stereocenters. The minimum atomic E-state index is 0.795. The summed E-state index contributed by atoms with van der Waals surface area (Å²) in [4.78, 5) is 8.85. The standard InChI is InChI=1S/C17H29N7/c1-3-18-17(21-9-6-13-24-14-7-10-22-24)20-8-4-5-12-23-15-11-19-16(23)2/h7,10-11,14-15H,3-6,8-9,12-13H2,1-2H3,(H2,18,20,21). The smallest absolute Gasteiger partial charge is 0.191 e. The zero-order valence-corrected chi connectivity index (χ0v) is 14.8. The van der Waals surface area contributed by atoms with E-state index < -0.39 is 0 Å². The van der Waals surface area contributed by atoms with Crippen molar-refractivity contribution in [2.45, 2.75) is 46.2 Å². The van der Waals surface area contributed by atoms with E-state index in [0.717, 1.165) is 63.8 Å². The van der Waals surface area contributed by atoms with Gasteiger partial charge in [0.25, 0.3) is 0 Å². The Hall–Kier alpha value is -2.31. The predicted molar refractivity (Wildman–Crippen MR) is 97.0 cm³/mol. The van der Waals surface area contributed by atoms with Crippen molar-refractivity contribution >= 4 is 5.96 Å². The highest BCUT2D eigenvalue weighted by atomic mass is 15.3. The summed E-state index contributed by atoms with van der Waals surface area (Å²) < 4.78 is 4.13. The molecule has 0 saturated carbocycles. The average Bonchev–Trinajstić information content (AvgIpc) is 3.23. The predicted octanol–water partition coefficient (Wildman–Crippen LogP) is 1.81. The third-order valence-electron chi connectivity index (χ3n) is 3.76. The first-order valence-electron chi connectivity index (χ1n) is 8.77. The fraction of sp³-hybridized carbons (Fsp3) is 0.588. The Balaban J connectivity index is 1.61. The molecule has 0 aromatic carbocycles. The van der Waals surface area contributed by atoms with Crippen LogP contribution in [0, 0.1) is 6.92 Å². The Kier molecular flexibility index (Phi) is 7.86. The van der Waals surface area contributed by atoms with Crippen LogP contribution in [0.3, 0.4) is 0 Å². The average molecular weight is 331 g/mol. The van der Waals surface area contributed by atoms with E-state index in [9.17, 15) is 0 Å². The summed E-state index contributed by atoms with van der Waals surface area (Å²) in [5, 5.41) is 10.9. The van der Waals surface area contributed by atoms with Crippen LogP contribution in [0.4, 0.5) is 0 Å². The number of aliphatic imine (C=N–C) groups is 1. The maximum absolute atomic E-state index is 4.61. The molecule has 2 heterocycles. The lowest BCUT2D eigenvalue weighted by molar-refractivity contribution is 0.579. The molecule has 0 radical (unpaired) electrons. The van der Waals surface area contributed by atoms with Gasteiger partial charge in [-0.25, -0.2) is 4.98 Å². The highest BCUT2D eigenvalue weighted by Crippen LogP contribution is 1.99. The fourth-order valence-corrected chi connectivity index (χ4v) is 2.45. The van der Waals surface area contributed by atoms with Crippen LogP contribution in [-0.2, 0) is 13.1 Å². The number of guanidine groups is 1. The van der Waals surface area contributed by atoms with Crippen molar-refractivity contribution in [3.8, 4) is 0 Å². The van der Waals surface area contributed by atoms with E-state index in [1.54, 1.807) is 6.20 Å². The number of aromatic nitrogens is 4. The third-order valence-corrected chi connectivity index (χ3v) is 3.76. The van der Waals surface area contributed by atoms with Crippen LogP contribution in [0.25, 0.3) is 0 Å².